The van der Waals surface area contributed by atoms with E-state index < -0.39 is 52.8 Å². The van der Waals surface area contributed by atoms with Crippen molar-refractivity contribution in [2.75, 3.05) is 13.2 Å². The van der Waals surface area contributed by atoms with Crippen LogP contribution >= 0.6 is 0 Å². The Hall–Kier alpha value is -1.70. The lowest BCUT2D eigenvalue weighted by Crippen LogP contribution is -2.51. The molecule has 0 aromatic heterocycles. The van der Waals surface area contributed by atoms with Gasteiger partial charge in [0.05, 0.1) is 23.8 Å². The molecule has 8 nitrogen and oxygen atoms in total. The average Bonchev–Trinajstić information content (AvgIpc) is 2.50. The second-order valence-electron chi connectivity index (χ2n) is 5.23. The minimum absolute atomic E-state index is 0.0695. The van der Waals surface area contributed by atoms with Gasteiger partial charge in [0.2, 0.25) is 25.5 Å². The molecule has 146 valence electrons. The van der Waals surface area contributed by atoms with Crippen molar-refractivity contribution < 1.29 is 34.7 Å². The summed E-state index contributed by atoms with van der Waals surface area (Å²) >= 11 is 0. The van der Waals surface area contributed by atoms with Crippen LogP contribution in [0, 0.1) is 0 Å². The van der Waals surface area contributed by atoms with Gasteiger partial charge in [-0.1, -0.05) is 6.92 Å². The van der Waals surface area contributed by atoms with Gasteiger partial charge in [0.15, 0.2) is 0 Å². The van der Waals surface area contributed by atoms with Gasteiger partial charge in [-0.15, -0.1) is 0 Å². The number of ether oxygens (including phenoxy) is 1. The number of halogens is 3. The molecule has 0 radical (unpaired) electrons. The highest BCUT2D eigenvalue weighted by atomic mass is 32.2. The van der Waals surface area contributed by atoms with Gasteiger partial charge in [0.25, 0.3) is 0 Å². The van der Waals surface area contributed by atoms with Gasteiger partial charge in [-0.3, -0.25) is 0 Å². The first-order valence-corrected chi connectivity index (χ1v) is 10.3. The maximum absolute atomic E-state index is 13.3. The fourth-order valence-electron chi connectivity index (χ4n) is 2.40. The van der Waals surface area contributed by atoms with E-state index in [4.69, 9.17) is 9.88 Å². The Kier molecular flexibility index (Phi) is 5.38. The summed E-state index contributed by atoms with van der Waals surface area (Å²) in [6.45, 7) is 2.68. The van der Waals surface area contributed by atoms with Crippen LogP contribution in [-0.4, -0.2) is 39.8 Å². The molecule has 0 bridgehead atoms. The fraction of sp³-hybridized carbons (Fsp3) is 0.462. The summed E-state index contributed by atoms with van der Waals surface area (Å²) in [5.74, 6) is 0. The number of rotatable bonds is 4. The summed E-state index contributed by atoms with van der Waals surface area (Å²) in [7, 11) is -8.94. The lowest BCUT2D eigenvalue weighted by Gasteiger charge is -2.29. The Morgan fingerprint density at radius 2 is 1.96 bits per heavy atom. The molecule has 0 saturated carbocycles. The maximum atomic E-state index is 13.3. The average molecular weight is 415 g/mol. The van der Waals surface area contributed by atoms with E-state index in [0.29, 0.717) is 10.4 Å². The van der Waals surface area contributed by atoms with Crippen molar-refractivity contribution in [2.45, 2.75) is 30.4 Å². The third-order valence-corrected chi connectivity index (χ3v) is 6.54. The molecule has 2 rings (SSSR count). The highest BCUT2D eigenvalue weighted by Gasteiger charge is 2.42. The van der Waals surface area contributed by atoms with Crippen LogP contribution in [0.5, 0.6) is 0 Å². The molecule has 1 unspecified atom stereocenters. The van der Waals surface area contributed by atoms with Crippen molar-refractivity contribution in [3.63, 3.8) is 0 Å². The van der Waals surface area contributed by atoms with E-state index >= 15 is 0 Å². The van der Waals surface area contributed by atoms with E-state index in [1.165, 1.54) is 6.92 Å². The fourth-order valence-corrected chi connectivity index (χ4v) is 5.37. The molecule has 1 aromatic carbocycles. The van der Waals surface area contributed by atoms with Crippen LogP contribution < -0.4 is 15.7 Å². The van der Waals surface area contributed by atoms with Gasteiger partial charge >= 0.3 is 6.18 Å². The number of hydrogen-bond acceptors (Lipinski definition) is 6. The van der Waals surface area contributed by atoms with Crippen molar-refractivity contribution in [3.8, 4) is 0 Å². The quantitative estimate of drug-likeness (QED) is 0.724. The standard InChI is InChI=1S/C13H16F3N3O5S2/c1-3-19-12(25(17,20)21)18-10-6-9(13(14,15)16)8(7-24-4-2)5-11(10)26(19,22)23/h5-7,12H,3-4H2,1-2H3,(H2,17,20,21). The number of nitrogens with zero attached hydrogens (tertiary/aromatic N) is 2. The second-order valence-corrected chi connectivity index (χ2v) is 8.69. The number of primary sulfonamides is 1. The van der Waals surface area contributed by atoms with E-state index in [9.17, 15) is 30.0 Å². The van der Waals surface area contributed by atoms with Crippen LogP contribution in [0.4, 0.5) is 13.2 Å². The van der Waals surface area contributed by atoms with Crippen LogP contribution in [-0.2, 0) is 31.0 Å². The molecule has 2 N–H and O–H groups in total. The van der Waals surface area contributed by atoms with Gasteiger partial charge < -0.3 is 4.74 Å². The molecule has 0 spiro atoms. The Bertz CT molecular complexity index is 1040. The highest BCUT2D eigenvalue weighted by Crippen LogP contribution is 2.28. The van der Waals surface area contributed by atoms with Crippen LogP contribution in [0.2, 0.25) is 0 Å². The number of sulfonamides is 2. The van der Waals surface area contributed by atoms with Crippen molar-refractivity contribution in [1.82, 2.24) is 4.31 Å². The minimum atomic E-state index is -4.84. The van der Waals surface area contributed by atoms with Gasteiger partial charge in [0, 0.05) is 11.8 Å². The number of alkyl halides is 3. The zero-order valence-corrected chi connectivity index (χ0v) is 15.3. The molecule has 26 heavy (non-hydrogen) atoms. The smallest absolute Gasteiger partial charge is 0.417 e. The number of nitrogens with two attached hydrogens (primary N) is 1. The highest BCUT2D eigenvalue weighted by molar-refractivity contribution is 7.93. The topological polar surface area (TPSA) is 119 Å². The maximum Gasteiger partial charge on any atom is 0.417 e. The normalized spacial score (nSPS) is 21.2. The first kappa shape index (κ1) is 20.6. The van der Waals surface area contributed by atoms with Crippen LogP contribution in [0.1, 0.15) is 19.4 Å². The van der Waals surface area contributed by atoms with Gasteiger partial charge in [-0.25, -0.2) is 27.0 Å². The molecule has 0 fully saturated rings. The molecule has 0 amide bonds. The minimum Gasteiger partial charge on any atom is -0.501 e. The van der Waals surface area contributed by atoms with E-state index in [-0.39, 0.29) is 13.2 Å². The van der Waals surface area contributed by atoms with Crippen molar-refractivity contribution in [3.05, 3.63) is 28.3 Å². The summed E-state index contributed by atoms with van der Waals surface area (Å²) in [4.78, 5) is 3.08. The predicted octanol–water partition coefficient (Wildman–Crippen LogP) is -0.304. The Labute approximate surface area is 147 Å². The van der Waals surface area contributed by atoms with Crippen LogP contribution in [0.25, 0.3) is 6.26 Å². The van der Waals surface area contributed by atoms with E-state index in [1.54, 1.807) is 6.92 Å². The summed E-state index contributed by atoms with van der Waals surface area (Å²) < 4.78 is 94.0. The van der Waals surface area contributed by atoms with Gasteiger partial charge in [-0.05, 0) is 19.1 Å². The summed E-state index contributed by atoms with van der Waals surface area (Å²) in [5, 5.41) is 3.86. The Morgan fingerprint density at radius 1 is 1.35 bits per heavy atom. The van der Waals surface area contributed by atoms with Crippen molar-refractivity contribution in [2.24, 2.45) is 10.1 Å². The zero-order chi connectivity index (χ0) is 19.9. The second kappa shape index (κ2) is 6.79. The molecule has 13 heteroatoms. The zero-order valence-electron chi connectivity index (χ0n) is 13.7. The van der Waals surface area contributed by atoms with E-state index in [0.717, 1.165) is 12.3 Å². The molecule has 1 atom stereocenters. The Balaban J connectivity index is 2.95. The van der Waals surface area contributed by atoms with Crippen molar-refractivity contribution in [1.29, 1.82) is 0 Å². The molecule has 1 heterocycles. The molecule has 1 aliphatic rings. The number of hydrogen-bond donors (Lipinski definition) is 1. The third kappa shape index (κ3) is 3.70. The third-order valence-electron chi connectivity index (χ3n) is 3.50. The summed E-state index contributed by atoms with van der Waals surface area (Å²) in [6, 6.07) is 1.23. The first-order valence-electron chi connectivity index (χ1n) is 7.28. The van der Waals surface area contributed by atoms with Gasteiger partial charge in [-0.2, -0.15) is 17.5 Å². The van der Waals surface area contributed by atoms with Gasteiger partial charge in [0.1, 0.15) is 4.90 Å². The SMILES string of the molecule is CCOC=c1cc2c(cc1C(F)(F)F)=NC(S(N)(=O)=O)N(CC)S2(=O)=O. The number of fused-ring (bicyclic) bond motifs is 1. The molecule has 0 aliphatic carbocycles. The van der Waals surface area contributed by atoms with E-state index in [1.807, 2.05) is 0 Å². The van der Waals surface area contributed by atoms with Crippen LogP contribution in [0.15, 0.2) is 22.0 Å². The largest absolute Gasteiger partial charge is 0.501 e. The van der Waals surface area contributed by atoms with Crippen molar-refractivity contribution >= 4 is 26.3 Å². The summed E-state index contributed by atoms with van der Waals surface area (Å²) in [6.07, 6.45) is -4.04. The molecule has 1 aliphatic heterocycles. The number of benzene rings is 1. The molecule has 0 saturated heterocycles. The molecular formula is C13H16F3N3O5S2. The summed E-state index contributed by atoms with van der Waals surface area (Å²) in [5.41, 5.74) is -3.24. The molecular weight excluding hydrogens is 399 g/mol. The van der Waals surface area contributed by atoms with Crippen LogP contribution in [0.3, 0.4) is 0 Å². The molecule has 1 aromatic rings. The first-order chi connectivity index (χ1) is 11.8. The van der Waals surface area contributed by atoms with E-state index in [2.05, 4.69) is 4.99 Å². The monoisotopic (exact) mass is 415 g/mol. The lowest BCUT2D eigenvalue weighted by atomic mass is 10.1. The lowest BCUT2D eigenvalue weighted by molar-refractivity contribution is -0.138. The predicted molar refractivity (Wildman–Crippen MR) is 84.8 cm³/mol. The Morgan fingerprint density at radius 3 is 2.42 bits per heavy atom.